The second-order valence-electron chi connectivity index (χ2n) is 8.99. The van der Waals surface area contributed by atoms with Crippen LogP contribution in [0.3, 0.4) is 0 Å². The lowest BCUT2D eigenvalue weighted by Gasteiger charge is -2.27. The number of hydrogen-bond acceptors (Lipinski definition) is 6. The first-order valence-corrected chi connectivity index (χ1v) is 11.7. The van der Waals surface area contributed by atoms with Crippen LogP contribution in [-0.4, -0.2) is 72.2 Å². The number of urea groups is 1. The van der Waals surface area contributed by atoms with Crippen LogP contribution in [0.4, 0.5) is 10.5 Å². The van der Waals surface area contributed by atoms with E-state index in [1.54, 1.807) is 75.2 Å². The number of carbonyl (C=O) groups excluding carboxylic acids is 4. The Balaban J connectivity index is 1.75. The Hall–Kier alpha value is -4.02. The van der Waals surface area contributed by atoms with Gasteiger partial charge in [-0.15, -0.1) is 0 Å². The lowest BCUT2D eigenvalue weighted by atomic mass is 10.0. The van der Waals surface area contributed by atoms with Gasteiger partial charge in [-0.25, -0.2) is 9.59 Å². The van der Waals surface area contributed by atoms with Gasteiger partial charge >= 0.3 is 12.0 Å². The van der Waals surface area contributed by atoms with Crippen molar-refractivity contribution in [2.24, 2.45) is 13.0 Å². The SMILES string of the molecule is COC(=O)C(NC(=O)C1CC(NC(=O)Nc2ccc(OC)cc2)CN1C(=O)c1cccn1C)C(C)C. The summed E-state index contributed by atoms with van der Waals surface area (Å²) in [6.45, 7) is 3.71. The van der Waals surface area contributed by atoms with Gasteiger partial charge in [-0.2, -0.15) is 0 Å². The van der Waals surface area contributed by atoms with Crippen LogP contribution in [0.1, 0.15) is 30.8 Å². The van der Waals surface area contributed by atoms with Crippen molar-refractivity contribution in [2.45, 2.75) is 38.4 Å². The summed E-state index contributed by atoms with van der Waals surface area (Å²) in [6, 6.07) is 7.55. The lowest BCUT2D eigenvalue weighted by molar-refractivity contribution is -0.146. The van der Waals surface area contributed by atoms with E-state index in [0.717, 1.165) is 0 Å². The number of esters is 1. The van der Waals surface area contributed by atoms with E-state index in [2.05, 4.69) is 16.0 Å². The van der Waals surface area contributed by atoms with Gasteiger partial charge in [-0.1, -0.05) is 13.8 Å². The van der Waals surface area contributed by atoms with Crippen molar-refractivity contribution in [1.29, 1.82) is 0 Å². The normalized spacial score (nSPS) is 17.9. The molecule has 1 aliphatic rings. The van der Waals surface area contributed by atoms with E-state index in [0.29, 0.717) is 17.1 Å². The first-order chi connectivity index (χ1) is 17.1. The summed E-state index contributed by atoms with van der Waals surface area (Å²) >= 11 is 0. The van der Waals surface area contributed by atoms with Gasteiger partial charge < -0.3 is 34.9 Å². The molecule has 1 aromatic heterocycles. The molecule has 3 atom stereocenters. The summed E-state index contributed by atoms with van der Waals surface area (Å²) in [5, 5.41) is 8.31. The molecular formula is C25H33N5O6. The third kappa shape index (κ3) is 6.15. The van der Waals surface area contributed by atoms with E-state index in [9.17, 15) is 19.2 Å². The van der Waals surface area contributed by atoms with Crippen LogP contribution in [-0.2, 0) is 21.4 Å². The Kier molecular flexibility index (Phi) is 8.57. The number of rotatable bonds is 8. The van der Waals surface area contributed by atoms with Gasteiger partial charge in [0.15, 0.2) is 0 Å². The number of amides is 4. The fourth-order valence-electron chi connectivity index (χ4n) is 4.15. The molecular weight excluding hydrogens is 466 g/mol. The highest BCUT2D eigenvalue weighted by atomic mass is 16.5. The maximum Gasteiger partial charge on any atom is 0.328 e. The van der Waals surface area contributed by atoms with Gasteiger partial charge in [0.2, 0.25) is 5.91 Å². The maximum absolute atomic E-state index is 13.3. The van der Waals surface area contributed by atoms with Gasteiger partial charge in [0.1, 0.15) is 23.5 Å². The number of aromatic nitrogens is 1. The van der Waals surface area contributed by atoms with Gasteiger partial charge in [0.25, 0.3) is 5.91 Å². The predicted molar refractivity (Wildman–Crippen MR) is 133 cm³/mol. The Morgan fingerprint density at radius 1 is 1.06 bits per heavy atom. The minimum Gasteiger partial charge on any atom is -0.497 e. The van der Waals surface area contributed by atoms with Crippen molar-refractivity contribution >= 4 is 29.5 Å². The molecule has 0 radical (unpaired) electrons. The van der Waals surface area contributed by atoms with E-state index in [4.69, 9.17) is 9.47 Å². The summed E-state index contributed by atoms with van der Waals surface area (Å²) in [6.07, 6.45) is 1.92. The molecule has 3 unspecified atom stereocenters. The molecule has 4 amide bonds. The number of likely N-dealkylation sites (tertiary alicyclic amines) is 1. The van der Waals surface area contributed by atoms with Gasteiger partial charge in [-0.05, 0) is 48.7 Å². The zero-order valence-corrected chi connectivity index (χ0v) is 21.1. The Bertz CT molecular complexity index is 1100. The van der Waals surface area contributed by atoms with E-state index in [-0.39, 0.29) is 24.8 Å². The Labute approximate surface area is 210 Å². The number of aryl methyl sites for hydroxylation is 1. The number of methoxy groups -OCH3 is 2. The molecule has 1 saturated heterocycles. The minimum atomic E-state index is -0.885. The van der Waals surface area contributed by atoms with Crippen molar-refractivity contribution in [2.75, 3.05) is 26.1 Å². The van der Waals surface area contributed by atoms with Crippen molar-refractivity contribution in [3.8, 4) is 5.75 Å². The molecule has 3 N–H and O–H groups in total. The highest BCUT2D eigenvalue weighted by Gasteiger charge is 2.42. The van der Waals surface area contributed by atoms with Crippen LogP contribution in [0, 0.1) is 5.92 Å². The monoisotopic (exact) mass is 499 g/mol. The molecule has 0 saturated carbocycles. The number of carbonyl (C=O) groups is 4. The summed E-state index contributed by atoms with van der Waals surface area (Å²) < 4.78 is 11.6. The van der Waals surface area contributed by atoms with Crippen LogP contribution >= 0.6 is 0 Å². The molecule has 2 heterocycles. The molecule has 0 aliphatic carbocycles. The first-order valence-electron chi connectivity index (χ1n) is 11.7. The smallest absolute Gasteiger partial charge is 0.328 e. The van der Waals surface area contributed by atoms with Crippen LogP contribution in [0.2, 0.25) is 0 Å². The highest BCUT2D eigenvalue weighted by Crippen LogP contribution is 2.22. The van der Waals surface area contributed by atoms with E-state index in [1.807, 2.05) is 0 Å². The van der Waals surface area contributed by atoms with Crippen LogP contribution in [0.15, 0.2) is 42.6 Å². The lowest BCUT2D eigenvalue weighted by Crippen LogP contribution is -2.52. The largest absolute Gasteiger partial charge is 0.497 e. The number of anilines is 1. The molecule has 194 valence electrons. The molecule has 3 rings (SSSR count). The van der Waals surface area contributed by atoms with Gasteiger partial charge in [-0.3, -0.25) is 9.59 Å². The summed E-state index contributed by atoms with van der Waals surface area (Å²) in [5.41, 5.74) is 0.972. The Morgan fingerprint density at radius 2 is 1.75 bits per heavy atom. The third-order valence-electron chi connectivity index (χ3n) is 6.13. The molecule has 2 aromatic rings. The minimum absolute atomic E-state index is 0.128. The number of nitrogens with zero attached hydrogens (tertiary/aromatic N) is 2. The average molecular weight is 500 g/mol. The molecule has 0 spiro atoms. The van der Waals surface area contributed by atoms with Crippen LogP contribution < -0.4 is 20.7 Å². The van der Waals surface area contributed by atoms with E-state index < -0.39 is 36.0 Å². The molecule has 11 heteroatoms. The van der Waals surface area contributed by atoms with Gasteiger partial charge in [0, 0.05) is 25.5 Å². The molecule has 1 aliphatic heterocycles. The Morgan fingerprint density at radius 3 is 2.31 bits per heavy atom. The molecule has 1 aromatic carbocycles. The molecule has 36 heavy (non-hydrogen) atoms. The fourth-order valence-corrected chi connectivity index (χ4v) is 4.15. The second kappa shape index (κ2) is 11.6. The van der Waals surface area contributed by atoms with Crippen molar-refractivity contribution in [3.63, 3.8) is 0 Å². The average Bonchev–Trinajstić information content (AvgIpc) is 3.48. The predicted octanol–water partition coefficient (Wildman–Crippen LogP) is 1.75. The second-order valence-corrected chi connectivity index (χ2v) is 8.99. The number of hydrogen-bond donors (Lipinski definition) is 3. The summed E-state index contributed by atoms with van der Waals surface area (Å²) in [7, 11) is 4.55. The summed E-state index contributed by atoms with van der Waals surface area (Å²) in [4.78, 5) is 52.8. The first kappa shape index (κ1) is 26.6. The van der Waals surface area contributed by atoms with E-state index in [1.165, 1.54) is 12.0 Å². The maximum atomic E-state index is 13.3. The highest BCUT2D eigenvalue weighted by molar-refractivity contribution is 5.98. The van der Waals surface area contributed by atoms with E-state index >= 15 is 0 Å². The summed E-state index contributed by atoms with van der Waals surface area (Å²) in [5.74, 6) is -0.954. The van der Waals surface area contributed by atoms with Gasteiger partial charge in [0.05, 0.1) is 20.3 Å². The fraction of sp³-hybridized carbons (Fsp3) is 0.440. The zero-order valence-electron chi connectivity index (χ0n) is 21.1. The topological polar surface area (TPSA) is 131 Å². The molecule has 1 fully saturated rings. The van der Waals surface area contributed by atoms with Crippen molar-refractivity contribution in [1.82, 2.24) is 20.1 Å². The van der Waals surface area contributed by atoms with Crippen LogP contribution in [0.25, 0.3) is 0 Å². The number of nitrogens with one attached hydrogen (secondary N) is 3. The van der Waals surface area contributed by atoms with Crippen molar-refractivity contribution in [3.05, 3.63) is 48.3 Å². The molecule has 0 bridgehead atoms. The third-order valence-corrected chi connectivity index (χ3v) is 6.13. The number of ether oxygens (including phenoxy) is 2. The quantitative estimate of drug-likeness (QED) is 0.475. The van der Waals surface area contributed by atoms with Crippen molar-refractivity contribution < 1.29 is 28.7 Å². The zero-order chi connectivity index (χ0) is 26.4. The standard InChI is InChI=1S/C25H33N5O6/c1-15(2)21(24(33)36-5)28-22(31)20-13-17(14-30(20)23(32)19-7-6-12-29(19)3)27-25(34)26-16-8-10-18(35-4)11-9-16/h6-12,15,17,20-21H,13-14H2,1-5H3,(H,28,31)(H2,26,27,34). The molecule has 11 nitrogen and oxygen atoms in total. The van der Waals surface area contributed by atoms with Crippen LogP contribution in [0.5, 0.6) is 5.75 Å². The number of benzene rings is 1.